The van der Waals surface area contributed by atoms with E-state index in [1.54, 1.807) is 0 Å². The molecular weight excluding hydrogens is 475 g/mol. The van der Waals surface area contributed by atoms with Crippen LogP contribution in [-0.2, 0) is 4.79 Å². The fraction of sp³-hybridized carbons (Fsp3) is 0.824. The molecule has 1 aliphatic rings. The van der Waals surface area contributed by atoms with Gasteiger partial charge in [0.1, 0.15) is 0 Å². The molecule has 1 N–H and O–H groups in total. The van der Waals surface area contributed by atoms with Gasteiger partial charge in [-0.25, -0.2) is 0 Å². The molecule has 0 bridgehead atoms. The monoisotopic (exact) mass is 502 g/mol. The second kappa shape index (κ2) is 10.6. The summed E-state index contributed by atoms with van der Waals surface area (Å²) in [5.74, 6) is -0.816. The molecule has 128 valence electrons. The molecule has 0 saturated heterocycles. The molecule has 1 rings (SSSR count). The van der Waals surface area contributed by atoms with Gasteiger partial charge in [-0.1, -0.05) is 68.0 Å². The van der Waals surface area contributed by atoms with Crippen molar-refractivity contribution in [3.63, 3.8) is 0 Å². The van der Waals surface area contributed by atoms with Crippen LogP contribution in [0.2, 0.25) is 0 Å². The highest BCUT2D eigenvalue weighted by Gasteiger charge is 2.40. The molecule has 1 heterocycles. The average Bonchev–Trinajstić information content (AvgIpc) is 2.74. The van der Waals surface area contributed by atoms with Gasteiger partial charge in [0.15, 0.2) is 0 Å². The molecule has 0 aromatic carbocycles. The van der Waals surface area contributed by atoms with Crippen molar-refractivity contribution in [2.45, 2.75) is 75.8 Å². The summed E-state index contributed by atoms with van der Waals surface area (Å²) in [6.07, 6.45) is 12.4. The molecule has 3 atom stereocenters. The van der Waals surface area contributed by atoms with Crippen LogP contribution in [0.5, 0.6) is 0 Å². The molecule has 3 unspecified atom stereocenters. The third kappa shape index (κ3) is 6.34. The minimum atomic E-state index is -0.638. The molecule has 2 nitrogen and oxygen atoms in total. The molecule has 0 aromatic heterocycles. The van der Waals surface area contributed by atoms with E-state index in [1.807, 2.05) is 18.7 Å². The van der Waals surface area contributed by atoms with Gasteiger partial charge in [-0.15, -0.1) is 11.8 Å². The molecule has 0 amide bonds. The molecule has 5 heteroatoms. The highest BCUT2D eigenvalue weighted by molar-refractivity contribution is 14.1. The quantitative estimate of drug-likeness (QED) is 0.188. The van der Waals surface area contributed by atoms with Crippen molar-refractivity contribution in [3.8, 4) is 0 Å². The number of halogens is 2. The minimum absolute atomic E-state index is 0.178. The number of carboxylic acid groups (broad SMARTS) is 1. The smallest absolute Gasteiger partial charge is 0.306 e. The van der Waals surface area contributed by atoms with Crippen LogP contribution in [0.15, 0.2) is 8.99 Å². The van der Waals surface area contributed by atoms with E-state index in [1.165, 1.54) is 35.0 Å². The number of allylic oxidation sites excluding steroid dienone is 1. The van der Waals surface area contributed by atoms with Crippen LogP contribution in [0.4, 0.5) is 0 Å². The van der Waals surface area contributed by atoms with E-state index < -0.39 is 5.97 Å². The first kappa shape index (κ1) is 20.8. The van der Waals surface area contributed by atoms with E-state index in [0.717, 1.165) is 25.7 Å². The molecule has 0 aromatic rings. The predicted molar refractivity (Wildman–Crippen MR) is 109 cm³/mol. The Balaban J connectivity index is 2.58. The fourth-order valence-corrected chi connectivity index (χ4v) is 7.76. The van der Waals surface area contributed by atoms with Crippen molar-refractivity contribution in [1.29, 1.82) is 0 Å². The van der Waals surface area contributed by atoms with Gasteiger partial charge in [0.05, 0.1) is 10.1 Å². The number of unbranched alkanes of at least 4 members (excludes halogenated alkanes) is 3. The van der Waals surface area contributed by atoms with Gasteiger partial charge in [-0.2, -0.15) is 0 Å². The third-order valence-electron chi connectivity index (χ3n) is 4.60. The number of hydrogen-bond acceptors (Lipinski definition) is 2. The van der Waals surface area contributed by atoms with Gasteiger partial charge in [0.25, 0.3) is 0 Å². The Morgan fingerprint density at radius 2 is 2.05 bits per heavy atom. The summed E-state index contributed by atoms with van der Waals surface area (Å²) in [6.45, 7) is 4.22. The molecule has 0 aliphatic carbocycles. The summed E-state index contributed by atoms with van der Waals surface area (Å²) in [5.41, 5.74) is 0.214. The maximum absolute atomic E-state index is 11.2. The Hall–Kier alpha value is 0.770. The van der Waals surface area contributed by atoms with E-state index in [2.05, 4.69) is 51.5 Å². The lowest BCUT2D eigenvalue weighted by atomic mass is 9.79. The molecule has 0 saturated carbocycles. The Labute approximate surface area is 161 Å². The number of hydrogen-bond donors (Lipinski definition) is 1. The standard InChI is InChI=1S/C17H28BrIO2S/c1-3-5-6-7-10-17(12-14(19)22-16(17)18)11-8-9-13(4-2)15(20)21/h12-13,16H,3-11H2,1-2H3,(H,20,21). The summed E-state index contributed by atoms with van der Waals surface area (Å²) < 4.78 is 1.82. The fourth-order valence-electron chi connectivity index (χ4n) is 3.10. The summed E-state index contributed by atoms with van der Waals surface area (Å²) in [5, 5.41) is 9.20. The van der Waals surface area contributed by atoms with Gasteiger partial charge in [-0.05, 0) is 48.3 Å². The van der Waals surface area contributed by atoms with Gasteiger partial charge < -0.3 is 5.11 Å². The van der Waals surface area contributed by atoms with Crippen molar-refractivity contribution < 1.29 is 9.90 Å². The normalized spacial score (nSPS) is 26.0. The second-order valence-corrected chi connectivity index (χ2v) is 10.8. The summed E-state index contributed by atoms with van der Waals surface area (Å²) in [4.78, 5) is 11.2. The zero-order chi connectivity index (χ0) is 16.6. The number of carboxylic acids is 1. The van der Waals surface area contributed by atoms with Crippen LogP contribution in [0.1, 0.15) is 71.6 Å². The number of thioether (sulfide) groups is 1. The maximum Gasteiger partial charge on any atom is 0.306 e. The van der Waals surface area contributed by atoms with Crippen LogP contribution in [0.3, 0.4) is 0 Å². The predicted octanol–water partition coefficient (Wildman–Crippen LogP) is 6.97. The van der Waals surface area contributed by atoms with Crippen molar-refractivity contribution in [2.24, 2.45) is 11.3 Å². The highest BCUT2D eigenvalue weighted by Crippen LogP contribution is 2.55. The highest BCUT2D eigenvalue weighted by atomic mass is 127. The lowest BCUT2D eigenvalue weighted by Gasteiger charge is -2.31. The molecule has 0 fully saturated rings. The number of aliphatic carboxylic acids is 1. The number of rotatable bonds is 11. The van der Waals surface area contributed by atoms with E-state index >= 15 is 0 Å². The maximum atomic E-state index is 11.2. The Morgan fingerprint density at radius 3 is 2.55 bits per heavy atom. The Morgan fingerprint density at radius 1 is 1.36 bits per heavy atom. The molecule has 0 spiro atoms. The van der Waals surface area contributed by atoms with Crippen LogP contribution in [0, 0.1) is 11.3 Å². The SMILES string of the molecule is CCCCCCC1(CCCC(CC)C(=O)O)C=C(I)SC1Br. The van der Waals surface area contributed by atoms with Crippen molar-refractivity contribution in [2.75, 3.05) is 0 Å². The lowest BCUT2D eigenvalue weighted by Crippen LogP contribution is -2.25. The van der Waals surface area contributed by atoms with Gasteiger partial charge in [0.2, 0.25) is 0 Å². The van der Waals surface area contributed by atoms with Gasteiger partial charge in [-0.3, -0.25) is 4.79 Å². The molecule has 1 aliphatic heterocycles. The van der Waals surface area contributed by atoms with E-state index in [9.17, 15) is 9.90 Å². The van der Waals surface area contributed by atoms with E-state index in [4.69, 9.17) is 0 Å². The lowest BCUT2D eigenvalue weighted by molar-refractivity contribution is -0.142. The zero-order valence-corrected chi connectivity index (χ0v) is 18.2. The topological polar surface area (TPSA) is 37.3 Å². The van der Waals surface area contributed by atoms with Crippen LogP contribution in [-0.4, -0.2) is 15.2 Å². The molecule has 0 radical (unpaired) electrons. The summed E-state index contributed by atoms with van der Waals surface area (Å²) in [6, 6.07) is 0. The first-order chi connectivity index (χ1) is 10.4. The third-order valence-corrected chi connectivity index (χ3v) is 8.17. The Kier molecular flexibility index (Phi) is 10.0. The van der Waals surface area contributed by atoms with Crippen molar-refractivity contribution in [1.82, 2.24) is 0 Å². The first-order valence-electron chi connectivity index (χ1n) is 8.37. The second-order valence-electron chi connectivity index (χ2n) is 6.26. The van der Waals surface area contributed by atoms with Crippen LogP contribution in [0.25, 0.3) is 0 Å². The van der Waals surface area contributed by atoms with Crippen LogP contribution >= 0.6 is 50.3 Å². The Bertz CT molecular complexity index is 389. The van der Waals surface area contributed by atoms with Crippen LogP contribution < -0.4 is 0 Å². The largest absolute Gasteiger partial charge is 0.481 e. The number of alkyl halides is 1. The average molecular weight is 503 g/mol. The zero-order valence-electron chi connectivity index (χ0n) is 13.6. The van der Waals surface area contributed by atoms with Crippen molar-refractivity contribution >= 4 is 56.3 Å². The van der Waals surface area contributed by atoms with Crippen molar-refractivity contribution in [3.05, 3.63) is 8.99 Å². The molecular formula is C17H28BrIO2S. The first-order valence-corrected chi connectivity index (χ1v) is 11.2. The van der Waals surface area contributed by atoms with Gasteiger partial charge >= 0.3 is 5.97 Å². The summed E-state index contributed by atoms with van der Waals surface area (Å²) in [7, 11) is 0. The number of carbonyl (C=O) groups is 1. The molecule has 22 heavy (non-hydrogen) atoms. The summed E-state index contributed by atoms with van der Waals surface area (Å²) >= 11 is 8.21. The van der Waals surface area contributed by atoms with E-state index in [-0.39, 0.29) is 11.3 Å². The van der Waals surface area contributed by atoms with E-state index in [0.29, 0.717) is 4.16 Å². The van der Waals surface area contributed by atoms with Gasteiger partial charge in [0, 0.05) is 8.33 Å². The minimum Gasteiger partial charge on any atom is -0.481 e.